The summed E-state index contributed by atoms with van der Waals surface area (Å²) in [6, 6.07) is 12.6. The SMILES string of the molecule is O=C(NCCN1CCc2ccccc2C1)N1CCN(Cc2ccco2)CC1. The summed E-state index contributed by atoms with van der Waals surface area (Å²) in [7, 11) is 0. The van der Waals surface area contributed by atoms with E-state index in [2.05, 4.69) is 39.4 Å². The van der Waals surface area contributed by atoms with Gasteiger partial charge in [-0.15, -0.1) is 0 Å². The van der Waals surface area contributed by atoms with Gasteiger partial charge < -0.3 is 14.6 Å². The van der Waals surface area contributed by atoms with Crippen LogP contribution in [0.15, 0.2) is 47.1 Å². The van der Waals surface area contributed by atoms with E-state index in [-0.39, 0.29) is 6.03 Å². The Morgan fingerprint density at radius 2 is 1.78 bits per heavy atom. The second-order valence-electron chi connectivity index (χ2n) is 7.37. The molecule has 1 aromatic heterocycles. The lowest BCUT2D eigenvalue weighted by Gasteiger charge is -2.34. The highest BCUT2D eigenvalue weighted by molar-refractivity contribution is 5.74. The molecule has 0 radical (unpaired) electrons. The fraction of sp³-hybridized carbons (Fsp3) is 0.476. The number of hydrogen-bond acceptors (Lipinski definition) is 4. The van der Waals surface area contributed by atoms with Crippen molar-refractivity contribution >= 4 is 6.03 Å². The molecule has 0 atom stereocenters. The number of rotatable bonds is 5. The Hall–Kier alpha value is -2.31. The van der Waals surface area contributed by atoms with E-state index >= 15 is 0 Å². The van der Waals surface area contributed by atoms with Crippen molar-refractivity contribution in [2.45, 2.75) is 19.5 Å². The largest absolute Gasteiger partial charge is 0.468 e. The van der Waals surface area contributed by atoms with Crippen molar-refractivity contribution in [3.05, 3.63) is 59.5 Å². The molecule has 6 heteroatoms. The number of carbonyl (C=O) groups is 1. The van der Waals surface area contributed by atoms with E-state index in [4.69, 9.17) is 4.42 Å². The van der Waals surface area contributed by atoms with Crippen LogP contribution in [0.25, 0.3) is 0 Å². The van der Waals surface area contributed by atoms with Crippen molar-refractivity contribution in [1.29, 1.82) is 0 Å². The zero-order chi connectivity index (χ0) is 18.5. The van der Waals surface area contributed by atoms with Crippen LogP contribution in [0.4, 0.5) is 4.79 Å². The van der Waals surface area contributed by atoms with E-state index in [0.717, 1.165) is 64.5 Å². The molecule has 27 heavy (non-hydrogen) atoms. The van der Waals surface area contributed by atoms with Crippen LogP contribution in [0.5, 0.6) is 0 Å². The fourth-order valence-electron chi connectivity index (χ4n) is 3.91. The Bertz CT molecular complexity index is 738. The Morgan fingerprint density at radius 1 is 0.963 bits per heavy atom. The summed E-state index contributed by atoms with van der Waals surface area (Å²) >= 11 is 0. The summed E-state index contributed by atoms with van der Waals surface area (Å²) in [5.41, 5.74) is 2.88. The molecule has 144 valence electrons. The number of nitrogens with zero attached hydrogens (tertiary/aromatic N) is 3. The maximum absolute atomic E-state index is 12.4. The first-order chi connectivity index (χ1) is 13.3. The van der Waals surface area contributed by atoms with Gasteiger partial charge in [0.05, 0.1) is 12.8 Å². The zero-order valence-corrected chi connectivity index (χ0v) is 15.8. The lowest BCUT2D eigenvalue weighted by atomic mass is 10.00. The lowest BCUT2D eigenvalue weighted by Crippen LogP contribution is -2.52. The van der Waals surface area contributed by atoms with Crippen molar-refractivity contribution in [1.82, 2.24) is 20.0 Å². The first-order valence-electron chi connectivity index (χ1n) is 9.84. The number of fused-ring (bicyclic) bond motifs is 1. The van der Waals surface area contributed by atoms with Gasteiger partial charge in [0.1, 0.15) is 5.76 Å². The number of carbonyl (C=O) groups excluding carboxylic acids is 1. The van der Waals surface area contributed by atoms with Crippen LogP contribution in [0, 0.1) is 0 Å². The van der Waals surface area contributed by atoms with E-state index in [1.807, 2.05) is 17.0 Å². The Morgan fingerprint density at radius 3 is 2.56 bits per heavy atom. The van der Waals surface area contributed by atoms with Gasteiger partial charge in [-0.2, -0.15) is 0 Å². The van der Waals surface area contributed by atoms with Gasteiger partial charge in [0.15, 0.2) is 0 Å². The standard InChI is InChI=1S/C21H28N4O2/c26-21(25-13-11-24(12-14-25)17-20-6-3-15-27-20)22-8-10-23-9-7-18-4-1-2-5-19(18)16-23/h1-6,15H,7-14,16-17H2,(H,22,26). The quantitative estimate of drug-likeness (QED) is 0.879. The molecule has 1 N–H and O–H groups in total. The van der Waals surface area contributed by atoms with Crippen molar-refractivity contribution < 1.29 is 9.21 Å². The molecule has 0 bridgehead atoms. The molecular formula is C21H28N4O2. The van der Waals surface area contributed by atoms with Crippen LogP contribution in [-0.4, -0.2) is 66.5 Å². The Labute approximate surface area is 160 Å². The van der Waals surface area contributed by atoms with Gasteiger partial charge in [0.2, 0.25) is 0 Å². The summed E-state index contributed by atoms with van der Waals surface area (Å²) in [5, 5.41) is 3.09. The third-order valence-electron chi connectivity index (χ3n) is 5.53. The summed E-state index contributed by atoms with van der Waals surface area (Å²) in [6.45, 7) is 7.78. The summed E-state index contributed by atoms with van der Waals surface area (Å²) in [5.74, 6) is 0.982. The number of furan rings is 1. The number of hydrogen-bond donors (Lipinski definition) is 1. The smallest absolute Gasteiger partial charge is 0.317 e. The molecule has 0 saturated carbocycles. The minimum Gasteiger partial charge on any atom is -0.468 e. The van der Waals surface area contributed by atoms with Crippen LogP contribution in [-0.2, 0) is 19.5 Å². The zero-order valence-electron chi connectivity index (χ0n) is 15.8. The third-order valence-corrected chi connectivity index (χ3v) is 5.53. The maximum atomic E-state index is 12.4. The predicted octanol–water partition coefficient (Wildman–Crippen LogP) is 2.17. The number of nitrogens with one attached hydrogen (secondary N) is 1. The molecule has 1 saturated heterocycles. The molecule has 3 heterocycles. The highest BCUT2D eigenvalue weighted by atomic mass is 16.3. The van der Waals surface area contributed by atoms with Crippen molar-refractivity contribution in [3.8, 4) is 0 Å². The van der Waals surface area contributed by atoms with E-state index in [1.165, 1.54) is 11.1 Å². The number of urea groups is 1. The molecule has 1 fully saturated rings. The molecule has 0 spiro atoms. The van der Waals surface area contributed by atoms with E-state index in [0.29, 0.717) is 6.54 Å². The highest BCUT2D eigenvalue weighted by Gasteiger charge is 2.22. The van der Waals surface area contributed by atoms with Crippen LogP contribution in [0.3, 0.4) is 0 Å². The minimum absolute atomic E-state index is 0.0602. The van der Waals surface area contributed by atoms with Gasteiger partial charge >= 0.3 is 6.03 Å². The summed E-state index contributed by atoms with van der Waals surface area (Å²) in [6.07, 6.45) is 2.81. The van der Waals surface area contributed by atoms with Crippen LogP contribution >= 0.6 is 0 Å². The second kappa shape index (κ2) is 8.59. The molecule has 2 aliphatic heterocycles. The Kier molecular flexibility index (Phi) is 5.75. The predicted molar refractivity (Wildman–Crippen MR) is 104 cm³/mol. The van der Waals surface area contributed by atoms with Crippen LogP contribution < -0.4 is 5.32 Å². The minimum atomic E-state index is 0.0602. The van der Waals surface area contributed by atoms with Gasteiger partial charge in [-0.1, -0.05) is 24.3 Å². The van der Waals surface area contributed by atoms with Gasteiger partial charge in [0.25, 0.3) is 0 Å². The van der Waals surface area contributed by atoms with Gasteiger partial charge in [-0.25, -0.2) is 4.79 Å². The average molecular weight is 368 g/mol. The second-order valence-corrected chi connectivity index (χ2v) is 7.37. The highest BCUT2D eigenvalue weighted by Crippen LogP contribution is 2.17. The normalized spacial score (nSPS) is 18.3. The van der Waals surface area contributed by atoms with Crippen molar-refractivity contribution in [3.63, 3.8) is 0 Å². The summed E-state index contributed by atoms with van der Waals surface area (Å²) in [4.78, 5) is 19.1. The first-order valence-corrected chi connectivity index (χ1v) is 9.84. The lowest BCUT2D eigenvalue weighted by molar-refractivity contribution is 0.129. The molecule has 1 aromatic carbocycles. The van der Waals surface area contributed by atoms with Crippen LogP contribution in [0.1, 0.15) is 16.9 Å². The first kappa shape index (κ1) is 18.1. The average Bonchev–Trinajstić information content (AvgIpc) is 3.21. The van der Waals surface area contributed by atoms with E-state index in [1.54, 1.807) is 6.26 Å². The van der Waals surface area contributed by atoms with Gasteiger partial charge in [-0.05, 0) is 29.7 Å². The van der Waals surface area contributed by atoms with Crippen LogP contribution in [0.2, 0.25) is 0 Å². The monoisotopic (exact) mass is 368 g/mol. The molecule has 0 aliphatic carbocycles. The molecule has 2 aliphatic rings. The molecule has 6 nitrogen and oxygen atoms in total. The topological polar surface area (TPSA) is 52.0 Å². The molecule has 0 unspecified atom stereocenters. The molecular weight excluding hydrogens is 340 g/mol. The Balaban J connectivity index is 1.15. The maximum Gasteiger partial charge on any atom is 0.317 e. The number of benzene rings is 1. The summed E-state index contributed by atoms with van der Waals surface area (Å²) < 4.78 is 5.40. The van der Waals surface area contributed by atoms with Gasteiger partial charge in [0, 0.05) is 52.4 Å². The number of amides is 2. The molecule has 2 amide bonds. The van der Waals surface area contributed by atoms with Crippen molar-refractivity contribution in [2.75, 3.05) is 45.8 Å². The molecule has 2 aromatic rings. The number of piperazine rings is 1. The van der Waals surface area contributed by atoms with E-state index < -0.39 is 0 Å². The third kappa shape index (κ3) is 4.70. The van der Waals surface area contributed by atoms with Crippen molar-refractivity contribution in [2.24, 2.45) is 0 Å². The van der Waals surface area contributed by atoms with Gasteiger partial charge in [-0.3, -0.25) is 9.80 Å². The van der Waals surface area contributed by atoms with E-state index in [9.17, 15) is 4.79 Å². The molecule has 4 rings (SSSR count). The fourth-order valence-corrected chi connectivity index (χ4v) is 3.91.